The quantitative estimate of drug-likeness (QED) is 0.830. The van der Waals surface area contributed by atoms with Crippen molar-refractivity contribution in [1.82, 2.24) is 4.90 Å². The molecule has 1 heterocycles. The molecule has 1 amide bonds. The van der Waals surface area contributed by atoms with Gasteiger partial charge in [0.05, 0.1) is 31.2 Å². The zero-order valence-corrected chi connectivity index (χ0v) is 13.1. The number of carbonyl (C=O) groups excluding carboxylic acids is 1. The molecule has 0 bridgehead atoms. The first kappa shape index (κ1) is 15.9. The van der Waals surface area contributed by atoms with Gasteiger partial charge in [0, 0.05) is 0 Å². The van der Waals surface area contributed by atoms with Gasteiger partial charge in [0.2, 0.25) is 5.91 Å². The van der Waals surface area contributed by atoms with Gasteiger partial charge < -0.3 is 10.0 Å². The van der Waals surface area contributed by atoms with Gasteiger partial charge in [-0.15, -0.1) is 0 Å². The predicted molar refractivity (Wildman–Crippen MR) is 83.1 cm³/mol. The van der Waals surface area contributed by atoms with Crippen molar-refractivity contribution in [3.8, 4) is 0 Å². The molecule has 2 rings (SSSR count). The molecule has 0 saturated carbocycles. The van der Waals surface area contributed by atoms with Gasteiger partial charge in [-0.25, -0.2) is 4.79 Å². The van der Waals surface area contributed by atoms with Gasteiger partial charge in [-0.3, -0.25) is 9.69 Å². The minimum absolute atomic E-state index is 0.0421. The number of aromatic carboxylic acids is 1. The summed E-state index contributed by atoms with van der Waals surface area (Å²) in [5.74, 6) is -0.924. The molecule has 0 aromatic heterocycles. The van der Waals surface area contributed by atoms with E-state index in [0.29, 0.717) is 13.1 Å². The maximum absolute atomic E-state index is 12.2. The maximum atomic E-state index is 12.2. The minimum atomic E-state index is -1.78. The molecular formula is C15H21NO4P+. The van der Waals surface area contributed by atoms with Gasteiger partial charge in [0.1, 0.15) is 19.8 Å². The Hall–Kier alpha value is -1.45. The molecule has 21 heavy (non-hydrogen) atoms. The van der Waals surface area contributed by atoms with E-state index in [0.717, 1.165) is 24.0 Å². The SMILES string of the molecule is CC[P+]1(O)CCN(C(=O)Cc2ccc(C(=O)O)cc2)CC1. The molecular weight excluding hydrogens is 289 g/mol. The van der Waals surface area contributed by atoms with Gasteiger partial charge >= 0.3 is 5.97 Å². The fourth-order valence-electron chi connectivity index (χ4n) is 2.45. The number of benzene rings is 1. The lowest BCUT2D eigenvalue weighted by Crippen LogP contribution is -2.41. The number of carboxylic acids is 1. The molecule has 0 aliphatic carbocycles. The molecule has 0 radical (unpaired) electrons. The van der Waals surface area contributed by atoms with Crippen LogP contribution in [0.4, 0.5) is 0 Å². The summed E-state index contributed by atoms with van der Waals surface area (Å²) in [4.78, 5) is 35.1. The largest absolute Gasteiger partial charge is 0.478 e. The van der Waals surface area contributed by atoms with Gasteiger partial charge in [0.15, 0.2) is 0 Å². The highest BCUT2D eigenvalue weighted by Gasteiger charge is 2.38. The third kappa shape index (κ3) is 4.02. The monoisotopic (exact) mass is 310 g/mol. The smallest absolute Gasteiger partial charge is 0.335 e. The number of hydrogen-bond acceptors (Lipinski definition) is 3. The van der Waals surface area contributed by atoms with Crippen molar-refractivity contribution in [3.63, 3.8) is 0 Å². The average Bonchev–Trinajstić information content (AvgIpc) is 2.48. The second kappa shape index (κ2) is 6.54. The van der Waals surface area contributed by atoms with Crippen LogP contribution in [-0.4, -0.2) is 58.4 Å². The zero-order valence-electron chi connectivity index (χ0n) is 12.2. The van der Waals surface area contributed by atoms with E-state index in [-0.39, 0.29) is 17.9 Å². The van der Waals surface area contributed by atoms with Crippen molar-refractivity contribution in [2.45, 2.75) is 13.3 Å². The van der Waals surface area contributed by atoms with Crippen LogP contribution in [0.1, 0.15) is 22.8 Å². The van der Waals surface area contributed by atoms with Gasteiger partial charge in [-0.05, 0) is 24.6 Å². The summed E-state index contributed by atoms with van der Waals surface area (Å²) in [6.45, 7) is 3.27. The van der Waals surface area contributed by atoms with Crippen LogP contribution in [0, 0.1) is 0 Å². The Bertz CT molecular complexity index is 521. The van der Waals surface area contributed by atoms with Crippen molar-refractivity contribution in [3.05, 3.63) is 35.4 Å². The lowest BCUT2D eigenvalue weighted by molar-refractivity contribution is -0.130. The number of rotatable bonds is 4. The fraction of sp³-hybridized carbons (Fsp3) is 0.467. The number of carboxylic acid groups (broad SMARTS) is 1. The first-order valence-corrected chi connectivity index (χ1v) is 9.42. The van der Waals surface area contributed by atoms with Crippen molar-refractivity contribution in [1.29, 1.82) is 0 Å². The van der Waals surface area contributed by atoms with E-state index in [4.69, 9.17) is 5.11 Å². The van der Waals surface area contributed by atoms with E-state index in [1.807, 2.05) is 6.92 Å². The van der Waals surface area contributed by atoms with Crippen molar-refractivity contribution >= 4 is 19.4 Å². The molecule has 1 aromatic rings. The van der Waals surface area contributed by atoms with Crippen LogP contribution in [0.2, 0.25) is 0 Å². The highest BCUT2D eigenvalue weighted by atomic mass is 31.2. The van der Waals surface area contributed by atoms with Crippen LogP contribution in [0.3, 0.4) is 0 Å². The molecule has 1 fully saturated rings. The van der Waals surface area contributed by atoms with E-state index in [2.05, 4.69) is 0 Å². The highest BCUT2D eigenvalue weighted by Crippen LogP contribution is 2.55. The van der Waals surface area contributed by atoms with Gasteiger partial charge in [-0.2, -0.15) is 0 Å². The molecule has 0 unspecified atom stereocenters. The molecule has 1 saturated heterocycles. The van der Waals surface area contributed by atoms with E-state index in [9.17, 15) is 14.5 Å². The zero-order chi connectivity index (χ0) is 15.5. The Kier molecular flexibility index (Phi) is 4.96. The van der Waals surface area contributed by atoms with Crippen molar-refractivity contribution in [2.75, 3.05) is 31.6 Å². The van der Waals surface area contributed by atoms with Crippen molar-refractivity contribution in [2.24, 2.45) is 0 Å². The molecule has 1 aromatic carbocycles. The lowest BCUT2D eigenvalue weighted by Gasteiger charge is -2.32. The Morgan fingerprint density at radius 2 is 1.76 bits per heavy atom. The van der Waals surface area contributed by atoms with Gasteiger partial charge in [0.25, 0.3) is 0 Å². The number of carbonyl (C=O) groups is 2. The summed E-state index contributed by atoms with van der Waals surface area (Å²) in [5, 5.41) is 8.84. The summed E-state index contributed by atoms with van der Waals surface area (Å²) < 4.78 is 0. The molecule has 5 nitrogen and oxygen atoms in total. The minimum Gasteiger partial charge on any atom is -0.478 e. The average molecular weight is 310 g/mol. The molecule has 1 aliphatic rings. The molecule has 1 aliphatic heterocycles. The second-order valence-electron chi connectivity index (χ2n) is 5.42. The van der Waals surface area contributed by atoms with Crippen LogP contribution in [0.15, 0.2) is 24.3 Å². The Balaban J connectivity index is 1.92. The first-order valence-electron chi connectivity index (χ1n) is 7.12. The topological polar surface area (TPSA) is 77.8 Å². The third-order valence-corrected chi connectivity index (χ3v) is 7.31. The Morgan fingerprint density at radius 1 is 1.19 bits per heavy atom. The van der Waals surface area contributed by atoms with Gasteiger partial charge in [-0.1, -0.05) is 12.1 Å². The van der Waals surface area contributed by atoms with E-state index < -0.39 is 13.5 Å². The van der Waals surface area contributed by atoms with E-state index in [1.54, 1.807) is 17.0 Å². The summed E-state index contributed by atoms with van der Waals surface area (Å²) in [5.41, 5.74) is 1.04. The standard InChI is InChI=1S/C15H20NO4P/c1-2-21(20)9-7-16(8-10-21)14(17)11-12-3-5-13(6-4-12)15(18)19/h3-6,20H,2,7-11H2,1H3/p+1. The van der Waals surface area contributed by atoms with Crippen LogP contribution in [0.25, 0.3) is 0 Å². The molecule has 0 spiro atoms. The number of hydrogen-bond donors (Lipinski definition) is 2. The highest BCUT2D eigenvalue weighted by molar-refractivity contribution is 7.70. The number of amides is 1. The summed E-state index contributed by atoms with van der Waals surface area (Å²) in [7, 11) is -1.78. The maximum Gasteiger partial charge on any atom is 0.335 e. The normalized spacial score (nSPS) is 17.5. The predicted octanol–water partition coefficient (Wildman–Crippen LogP) is 1.71. The second-order valence-corrected chi connectivity index (χ2v) is 9.14. The molecule has 6 heteroatoms. The fourth-order valence-corrected chi connectivity index (χ4v) is 4.54. The number of nitrogens with zero attached hydrogens (tertiary/aromatic N) is 1. The third-order valence-electron chi connectivity index (χ3n) is 4.07. The Morgan fingerprint density at radius 3 is 2.24 bits per heavy atom. The summed E-state index contributed by atoms with van der Waals surface area (Å²) >= 11 is 0. The lowest BCUT2D eigenvalue weighted by atomic mass is 10.1. The molecule has 0 atom stereocenters. The summed E-state index contributed by atoms with van der Waals surface area (Å²) in [6.07, 6.45) is 2.56. The van der Waals surface area contributed by atoms with Crippen LogP contribution < -0.4 is 0 Å². The summed E-state index contributed by atoms with van der Waals surface area (Å²) in [6, 6.07) is 6.40. The van der Waals surface area contributed by atoms with Crippen LogP contribution in [-0.2, 0) is 11.2 Å². The van der Waals surface area contributed by atoms with E-state index >= 15 is 0 Å². The van der Waals surface area contributed by atoms with E-state index in [1.165, 1.54) is 12.1 Å². The first-order chi connectivity index (χ1) is 9.93. The van der Waals surface area contributed by atoms with Crippen LogP contribution >= 0.6 is 7.49 Å². The van der Waals surface area contributed by atoms with Crippen molar-refractivity contribution < 1.29 is 19.6 Å². The Labute approximate surface area is 125 Å². The molecule has 2 N–H and O–H groups in total. The molecule has 114 valence electrons. The van der Waals surface area contributed by atoms with Crippen LogP contribution in [0.5, 0.6) is 0 Å².